The maximum Gasteiger partial charge on any atom is 0.0567 e. The van der Waals surface area contributed by atoms with Crippen LogP contribution in [-0.4, -0.2) is 4.98 Å². The van der Waals surface area contributed by atoms with Gasteiger partial charge in [-0.1, -0.05) is 30.3 Å². The molecule has 0 saturated heterocycles. The second-order valence-electron chi connectivity index (χ2n) is 3.32. The maximum absolute atomic E-state index is 6.12. The molecule has 2 N–H and O–H groups in total. The first-order chi connectivity index (χ1) is 7.27. The van der Waals surface area contributed by atoms with Crippen LogP contribution in [0.4, 0.5) is 0 Å². The van der Waals surface area contributed by atoms with Gasteiger partial charge in [0, 0.05) is 16.9 Å². The average Bonchev–Trinajstić information content (AvgIpc) is 2.29. The van der Waals surface area contributed by atoms with E-state index in [4.69, 9.17) is 5.73 Å². The van der Waals surface area contributed by atoms with Gasteiger partial charge in [-0.3, -0.25) is 4.98 Å². The Labute approximate surface area is 97.3 Å². The van der Waals surface area contributed by atoms with Gasteiger partial charge in [0.15, 0.2) is 0 Å². The van der Waals surface area contributed by atoms with Gasteiger partial charge >= 0.3 is 0 Å². The van der Waals surface area contributed by atoms with E-state index in [0.29, 0.717) is 0 Å². The van der Waals surface area contributed by atoms with Gasteiger partial charge in [-0.25, -0.2) is 0 Å². The molecule has 2 aromatic rings. The predicted molar refractivity (Wildman–Crippen MR) is 64.4 cm³/mol. The lowest BCUT2D eigenvalue weighted by atomic mass is 10.0. The van der Waals surface area contributed by atoms with Gasteiger partial charge in [-0.05, 0) is 33.1 Å². The molecule has 2 rings (SSSR count). The van der Waals surface area contributed by atoms with Gasteiger partial charge in [-0.2, -0.15) is 0 Å². The van der Waals surface area contributed by atoms with Crippen LogP contribution >= 0.6 is 15.9 Å². The van der Waals surface area contributed by atoms with Crippen LogP contribution in [0.2, 0.25) is 0 Å². The van der Waals surface area contributed by atoms with Crippen molar-refractivity contribution in [2.24, 2.45) is 5.73 Å². The molecule has 0 fully saturated rings. The Morgan fingerprint density at radius 1 is 1.07 bits per heavy atom. The summed E-state index contributed by atoms with van der Waals surface area (Å²) in [5.41, 5.74) is 8.23. The molecule has 15 heavy (non-hydrogen) atoms. The summed E-state index contributed by atoms with van der Waals surface area (Å²) < 4.78 is 0.950. The van der Waals surface area contributed by atoms with E-state index in [2.05, 4.69) is 20.9 Å². The number of pyridine rings is 1. The van der Waals surface area contributed by atoms with E-state index in [1.165, 1.54) is 0 Å². The molecule has 0 unspecified atom stereocenters. The number of hydrogen-bond donors (Lipinski definition) is 1. The number of benzene rings is 1. The Kier molecular flexibility index (Phi) is 3.14. The molecule has 2 nitrogen and oxygen atoms in total. The molecule has 0 aliphatic heterocycles. The summed E-state index contributed by atoms with van der Waals surface area (Å²) in [6.45, 7) is 0. The van der Waals surface area contributed by atoms with Gasteiger partial charge in [0.2, 0.25) is 0 Å². The minimum atomic E-state index is -0.115. The quantitative estimate of drug-likeness (QED) is 0.904. The molecule has 0 aliphatic carbocycles. The highest BCUT2D eigenvalue weighted by atomic mass is 79.9. The molecule has 3 heteroatoms. The zero-order chi connectivity index (χ0) is 10.7. The van der Waals surface area contributed by atoms with E-state index in [9.17, 15) is 0 Å². The fourth-order valence-electron chi connectivity index (χ4n) is 1.45. The first-order valence-corrected chi connectivity index (χ1v) is 5.47. The Hall–Kier alpha value is -1.19. The fourth-order valence-corrected chi connectivity index (χ4v) is 1.83. The Morgan fingerprint density at radius 2 is 1.80 bits per heavy atom. The van der Waals surface area contributed by atoms with Crippen LogP contribution in [0.5, 0.6) is 0 Å². The van der Waals surface area contributed by atoms with Crippen molar-refractivity contribution in [3.63, 3.8) is 0 Å². The minimum Gasteiger partial charge on any atom is -0.320 e. The van der Waals surface area contributed by atoms with Crippen molar-refractivity contribution in [1.29, 1.82) is 0 Å². The van der Waals surface area contributed by atoms with Crippen LogP contribution in [0, 0.1) is 0 Å². The second kappa shape index (κ2) is 4.55. The molecular weight excluding hydrogens is 252 g/mol. The van der Waals surface area contributed by atoms with Gasteiger partial charge in [0.05, 0.1) is 6.04 Å². The van der Waals surface area contributed by atoms with Gasteiger partial charge in [0.25, 0.3) is 0 Å². The van der Waals surface area contributed by atoms with Crippen molar-refractivity contribution < 1.29 is 0 Å². The average molecular weight is 263 g/mol. The number of nitrogens with zero attached hydrogens (tertiary/aromatic N) is 1. The Morgan fingerprint density at radius 3 is 2.47 bits per heavy atom. The molecule has 1 aromatic carbocycles. The highest BCUT2D eigenvalue weighted by Crippen LogP contribution is 2.20. The number of nitrogens with two attached hydrogens (primary N) is 1. The first-order valence-electron chi connectivity index (χ1n) is 4.68. The normalized spacial score (nSPS) is 12.4. The van der Waals surface area contributed by atoms with Crippen LogP contribution in [0.15, 0.2) is 53.3 Å². The molecule has 0 spiro atoms. The molecule has 0 radical (unpaired) electrons. The zero-order valence-electron chi connectivity index (χ0n) is 8.10. The lowest BCUT2D eigenvalue weighted by molar-refractivity contribution is 0.862. The van der Waals surface area contributed by atoms with Crippen molar-refractivity contribution in [3.8, 4) is 0 Å². The number of aromatic nitrogens is 1. The number of rotatable bonds is 2. The van der Waals surface area contributed by atoms with E-state index in [0.717, 1.165) is 15.6 Å². The lowest BCUT2D eigenvalue weighted by Crippen LogP contribution is -2.11. The van der Waals surface area contributed by atoms with Crippen molar-refractivity contribution in [2.45, 2.75) is 6.04 Å². The van der Waals surface area contributed by atoms with Crippen molar-refractivity contribution in [2.75, 3.05) is 0 Å². The topological polar surface area (TPSA) is 38.9 Å². The van der Waals surface area contributed by atoms with Crippen molar-refractivity contribution >= 4 is 15.9 Å². The van der Waals surface area contributed by atoms with Crippen molar-refractivity contribution in [3.05, 3.63) is 64.4 Å². The third-order valence-electron chi connectivity index (χ3n) is 2.24. The van der Waals surface area contributed by atoms with E-state index >= 15 is 0 Å². The Balaban J connectivity index is 2.32. The molecule has 0 bridgehead atoms. The van der Waals surface area contributed by atoms with Crippen LogP contribution in [0.1, 0.15) is 17.2 Å². The highest BCUT2D eigenvalue weighted by Gasteiger charge is 2.08. The van der Waals surface area contributed by atoms with E-state index in [1.54, 1.807) is 12.4 Å². The minimum absolute atomic E-state index is 0.115. The molecule has 1 heterocycles. The molecule has 1 aromatic heterocycles. The summed E-state index contributed by atoms with van der Waals surface area (Å²) in [5, 5.41) is 0. The van der Waals surface area contributed by atoms with Gasteiger partial charge in [0.1, 0.15) is 0 Å². The van der Waals surface area contributed by atoms with Crippen LogP contribution in [0.3, 0.4) is 0 Å². The molecule has 0 saturated carbocycles. The van der Waals surface area contributed by atoms with E-state index < -0.39 is 0 Å². The number of halogens is 1. The van der Waals surface area contributed by atoms with Crippen molar-refractivity contribution in [1.82, 2.24) is 4.98 Å². The standard InChI is InChI=1S/C12H11BrN2/c13-11-6-10(7-15-8-11)12(14)9-4-2-1-3-5-9/h1-8,12H,14H2/t12-/m0/s1. The monoisotopic (exact) mass is 262 g/mol. The number of hydrogen-bond acceptors (Lipinski definition) is 2. The second-order valence-corrected chi connectivity index (χ2v) is 4.24. The lowest BCUT2D eigenvalue weighted by Gasteiger charge is -2.11. The largest absolute Gasteiger partial charge is 0.320 e. The molecular formula is C12H11BrN2. The summed E-state index contributed by atoms with van der Waals surface area (Å²) in [4.78, 5) is 4.10. The van der Waals surface area contributed by atoms with Crippen LogP contribution in [-0.2, 0) is 0 Å². The first kappa shape index (κ1) is 10.3. The highest BCUT2D eigenvalue weighted by molar-refractivity contribution is 9.10. The fraction of sp³-hybridized carbons (Fsp3) is 0.0833. The molecule has 1 atom stereocenters. The smallest absolute Gasteiger partial charge is 0.0567 e. The molecule has 0 amide bonds. The predicted octanol–water partition coefficient (Wildman–Crippen LogP) is 2.89. The van der Waals surface area contributed by atoms with Crippen LogP contribution in [0.25, 0.3) is 0 Å². The summed E-state index contributed by atoms with van der Waals surface area (Å²) in [6, 6.07) is 11.9. The summed E-state index contributed by atoms with van der Waals surface area (Å²) in [6.07, 6.45) is 3.55. The van der Waals surface area contributed by atoms with Gasteiger partial charge < -0.3 is 5.73 Å². The van der Waals surface area contributed by atoms with Crippen LogP contribution < -0.4 is 5.73 Å². The molecule has 0 aliphatic rings. The zero-order valence-corrected chi connectivity index (χ0v) is 9.68. The summed E-state index contributed by atoms with van der Waals surface area (Å²) in [5.74, 6) is 0. The van der Waals surface area contributed by atoms with E-state index in [1.807, 2.05) is 36.4 Å². The Bertz CT molecular complexity index is 442. The van der Waals surface area contributed by atoms with E-state index in [-0.39, 0.29) is 6.04 Å². The maximum atomic E-state index is 6.12. The summed E-state index contributed by atoms with van der Waals surface area (Å²) >= 11 is 3.38. The molecule has 76 valence electrons. The summed E-state index contributed by atoms with van der Waals surface area (Å²) in [7, 11) is 0. The third-order valence-corrected chi connectivity index (χ3v) is 2.68. The van der Waals surface area contributed by atoms with Gasteiger partial charge in [-0.15, -0.1) is 0 Å². The third kappa shape index (κ3) is 2.43. The SMILES string of the molecule is N[C@@H](c1ccccc1)c1cncc(Br)c1.